The number of hydrogen-bond donors (Lipinski definition) is 1. The van der Waals surface area contributed by atoms with E-state index in [0.29, 0.717) is 12.6 Å². The summed E-state index contributed by atoms with van der Waals surface area (Å²) < 4.78 is 5.06. The maximum absolute atomic E-state index is 5.40. The molecule has 0 aromatic carbocycles. The van der Waals surface area contributed by atoms with Gasteiger partial charge in [0.15, 0.2) is 0 Å². The van der Waals surface area contributed by atoms with Gasteiger partial charge in [-0.3, -0.25) is 0 Å². The Labute approximate surface area is 74.9 Å². The van der Waals surface area contributed by atoms with E-state index in [-0.39, 0.29) is 6.04 Å². The van der Waals surface area contributed by atoms with Gasteiger partial charge in [-0.2, -0.15) is 0 Å². The molecule has 2 N–H and O–H groups in total. The van der Waals surface area contributed by atoms with Crippen LogP contribution >= 0.6 is 11.3 Å². The highest BCUT2D eigenvalue weighted by Crippen LogP contribution is 2.28. The first-order chi connectivity index (χ1) is 5.75. The van der Waals surface area contributed by atoms with E-state index in [4.69, 9.17) is 10.5 Å². The summed E-state index contributed by atoms with van der Waals surface area (Å²) in [6.45, 7) is 2.67. The molecule has 0 spiro atoms. The Hall–Kier alpha value is -1.03. The zero-order valence-electron chi connectivity index (χ0n) is 6.78. The van der Waals surface area contributed by atoms with E-state index in [9.17, 15) is 0 Å². The van der Waals surface area contributed by atoms with E-state index in [1.807, 2.05) is 0 Å². The van der Waals surface area contributed by atoms with Gasteiger partial charge in [0.25, 0.3) is 6.02 Å². The van der Waals surface area contributed by atoms with Crippen LogP contribution in [0.25, 0.3) is 0 Å². The lowest BCUT2D eigenvalue weighted by Crippen LogP contribution is -2.10. The van der Waals surface area contributed by atoms with Gasteiger partial charge in [-0.05, 0) is 19.1 Å². The second kappa shape index (κ2) is 2.79. The molecule has 1 aromatic heterocycles. The molecular weight excluding hydrogens is 172 g/mol. The van der Waals surface area contributed by atoms with E-state index < -0.39 is 0 Å². The first-order valence-corrected chi connectivity index (χ1v) is 4.60. The number of hydrogen-bond acceptors (Lipinski definition) is 4. The molecule has 1 aliphatic rings. The third-order valence-electron chi connectivity index (χ3n) is 1.76. The van der Waals surface area contributed by atoms with Gasteiger partial charge >= 0.3 is 0 Å². The van der Waals surface area contributed by atoms with E-state index >= 15 is 0 Å². The number of aryl methyl sites for hydroxylation is 1. The molecule has 1 unspecified atom stereocenters. The van der Waals surface area contributed by atoms with Gasteiger partial charge in [-0.25, -0.2) is 4.99 Å². The van der Waals surface area contributed by atoms with E-state index in [1.165, 1.54) is 9.75 Å². The quantitative estimate of drug-likeness (QED) is 0.714. The highest BCUT2D eigenvalue weighted by molar-refractivity contribution is 7.12. The van der Waals surface area contributed by atoms with Gasteiger partial charge in [-0.1, -0.05) is 0 Å². The van der Waals surface area contributed by atoms with Crippen LogP contribution in [0.15, 0.2) is 17.1 Å². The van der Waals surface area contributed by atoms with Crippen LogP contribution in [-0.2, 0) is 4.74 Å². The Kier molecular flexibility index (Phi) is 1.77. The zero-order chi connectivity index (χ0) is 8.55. The minimum atomic E-state index is 0.128. The third kappa shape index (κ3) is 1.30. The molecule has 4 heteroatoms. The van der Waals surface area contributed by atoms with Gasteiger partial charge in [-0.15, -0.1) is 11.3 Å². The summed E-state index contributed by atoms with van der Waals surface area (Å²) in [5, 5.41) is 0. The van der Waals surface area contributed by atoms with Gasteiger partial charge in [0, 0.05) is 9.75 Å². The number of thiophene rings is 1. The van der Waals surface area contributed by atoms with Crippen molar-refractivity contribution in [2.45, 2.75) is 13.0 Å². The van der Waals surface area contributed by atoms with E-state index in [1.54, 1.807) is 11.3 Å². The number of ether oxygens (including phenoxy) is 1. The van der Waals surface area contributed by atoms with Crippen molar-refractivity contribution in [3.8, 4) is 0 Å². The van der Waals surface area contributed by atoms with Crippen LogP contribution in [0.2, 0.25) is 0 Å². The Morgan fingerprint density at radius 3 is 3.00 bits per heavy atom. The van der Waals surface area contributed by atoms with Crippen molar-refractivity contribution in [3.63, 3.8) is 0 Å². The summed E-state index contributed by atoms with van der Waals surface area (Å²) in [7, 11) is 0. The minimum absolute atomic E-state index is 0.128. The molecular formula is C8H10N2OS. The fourth-order valence-corrected chi connectivity index (χ4v) is 2.07. The number of rotatable bonds is 1. The first kappa shape index (κ1) is 7.61. The topological polar surface area (TPSA) is 47.6 Å². The van der Waals surface area contributed by atoms with Gasteiger partial charge in [0.1, 0.15) is 12.6 Å². The SMILES string of the molecule is Cc1ccc(C2COC(N)=N2)s1. The second-order valence-electron chi connectivity index (χ2n) is 2.74. The molecule has 0 fully saturated rings. The van der Waals surface area contributed by atoms with Gasteiger partial charge in [0.05, 0.1) is 0 Å². The molecule has 12 heavy (non-hydrogen) atoms. The smallest absolute Gasteiger partial charge is 0.282 e. The molecule has 1 aromatic rings. The molecule has 64 valence electrons. The Morgan fingerprint density at radius 2 is 2.50 bits per heavy atom. The first-order valence-electron chi connectivity index (χ1n) is 3.78. The van der Waals surface area contributed by atoms with Crippen molar-refractivity contribution in [1.82, 2.24) is 0 Å². The molecule has 0 bridgehead atoms. The standard InChI is InChI=1S/C8H10N2OS/c1-5-2-3-7(12-5)6-4-11-8(9)10-6/h2-3,6H,4H2,1H3,(H2,9,10). The maximum Gasteiger partial charge on any atom is 0.282 e. The highest BCUT2D eigenvalue weighted by atomic mass is 32.1. The second-order valence-corrected chi connectivity index (χ2v) is 4.06. The Morgan fingerprint density at radius 1 is 1.67 bits per heavy atom. The molecule has 0 aliphatic carbocycles. The Bertz CT molecular complexity index is 319. The number of nitrogens with zero attached hydrogens (tertiary/aromatic N) is 1. The molecule has 0 radical (unpaired) electrons. The molecule has 0 saturated carbocycles. The predicted octanol–water partition coefficient (Wildman–Crippen LogP) is 1.44. The molecule has 0 amide bonds. The van der Waals surface area contributed by atoms with Crippen molar-refractivity contribution in [1.29, 1.82) is 0 Å². The van der Waals surface area contributed by atoms with Crippen molar-refractivity contribution < 1.29 is 4.74 Å². The largest absolute Gasteiger partial charge is 0.463 e. The lowest BCUT2D eigenvalue weighted by Gasteiger charge is -1.98. The summed E-state index contributed by atoms with van der Waals surface area (Å²) in [6, 6.07) is 4.61. The van der Waals surface area contributed by atoms with Crippen LogP contribution in [0.3, 0.4) is 0 Å². The summed E-state index contributed by atoms with van der Waals surface area (Å²) in [4.78, 5) is 6.68. The third-order valence-corrected chi connectivity index (χ3v) is 2.86. The molecule has 2 heterocycles. The number of aliphatic imine (C=N–C) groups is 1. The summed E-state index contributed by atoms with van der Waals surface area (Å²) in [6.07, 6.45) is 0. The molecule has 1 atom stereocenters. The van der Waals surface area contributed by atoms with Gasteiger partial charge in [0.2, 0.25) is 0 Å². The lowest BCUT2D eigenvalue weighted by atomic mass is 10.3. The van der Waals surface area contributed by atoms with E-state index in [2.05, 4.69) is 24.0 Å². The zero-order valence-corrected chi connectivity index (χ0v) is 7.60. The molecule has 1 aliphatic heterocycles. The van der Waals surface area contributed by atoms with Crippen molar-refractivity contribution in [3.05, 3.63) is 21.9 Å². The van der Waals surface area contributed by atoms with E-state index in [0.717, 1.165) is 0 Å². The van der Waals surface area contributed by atoms with Gasteiger partial charge < -0.3 is 10.5 Å². The number of amidine groups is 1. The number of nitrogens with two attached hydrogens (primary N) is 1. The normalized spacial score (nSPS) is 22.1. The van der Waals surface area contributed by atoms with Crippen molar-refractivity contribution in [2.75, 3.05) is 6.61 Å². The average molecular weight is 182 g/mol. The molecule has 3 nitrogen and oxygen atoms in total. The van der Waals surface area contributed by atoms with Crippen LogP contribution < -0.4 is 5.73 Å². The Balaban J connectivity index is 2.21. The van der Waals surface area contributed by atoms with Crippen LogP contribution in [0, 0.1) is 6.92 Å². The average Bonchev–Trinajstić information content (AvgIpc) is 2.58. The summed E-state index contributed by atoms with van der Waals surface area (Å²) in [5.74, 6) is 0. The summed E-state index contributed by atoms with van der Waals surface area (Å²) in [5.41, 5.74) is 5.40. The fourth-order valence-electron chi connectivity index (χ4n) is 1.17. The van der Waals surface area contributed by atoms with Crippen LogP contribution in [0.4, 0.5) is 0 Å². The highest BCUT2D eigenvalue weighted by Gasteiger charge is 2.19. The fraction of sp³-hybridized carbons (Fsp3) is 0.375. The monoisotopic (exact) mass is 182 g/mol. The van der Waals surface area contributed by atoms with Crippen LogP contribution in [-0.4, -0.2) is 12.6 Å². The minimum Gasteiger partial charge on any atom is -0.463 e. The van der Waals surface area contributed by atoms with Crippen molar-refractivity contribution in [2.24, 2.45) is 10.7 Å². The summed E-state index contributed by atoms with van der Waals surface area (Å²) >= 11 is 1.74. The lowest BCUT2D eigenvalue weighted by molar-refractivity contribution is 0.316. The maximum atomic E-state index is 5.40. The molecule has 0 saturated heterocycles. The molecule has 2 rings (SSSR count). The predicted molar refractivity (Wildman–Crippen MR) is 49.4 cm³/mol. The van der Waals surface area contributed by atoms with Crippen LogP contribution in [0.5, 0.6) is 0 Å². The van der Waals surface area contributed by atoms with Crippen molar-refractivity contribution >= 4 is 17.4 Å². The van der Waals surface area contributed by atoms with Crippen LogP contribution in [0.1, 0.15) is 15.8 Å².